The highest BCUT2D eigenvalue weighted by Crippen LogP contribution is 2.22. The summed E-state index contributed by atoms with van der Waals surface area (Å²) in [6.07, 6.45) is 0. The lowest BCUT2D eigenvalue weighted by atomic mass is 10.2. The fraction of sp³-hybridized carbons (Fsp3) is 0. The highest BCUT2D eigenvalue weighted by molar-refractivity contribution is 9.10. The summed E-state index contributed by atoms with van der Waals surface area (Å²) in [6.45, 7) is 3.73. The van der Waals surface area contributed by atoms with Gasteiger partial charge in [0.2, 0.25) is 0 Å². The molecule has 0 fully saturated rings. The first-order valence-corrected chi connectivity index (χ1v) is 4.10. The SMILES string of the molecule is [CH2]c1cc(Br)c2[nH]c(=O)oc2c1. The van der Waals surface area contributed by atoms with Gasteiger partial charge in [0.25, 0.3) is 0 Å². The molecule has 1 heterocycles. The Morgan fingerprint density at radius 3 is 3.00 bits per heavy atom. The molecule has 0 unspecified atom stereocenters. The van der Waals surface area contributed by atoms with E-state index < -0.39 is 5.76 Å². The minimum absolute atomic E-state index is 0.448. The molecule has 3 nitrogen and oxygen atoms in total. The fourth-order valence-corrected chi connectivity index (χ4v) is 1.65. The molecule has 0 saturated carbocycles. The van der Waals surface area contributed by atoms with Gasteiger partial charge in [0.1, 0.15) is 5.52 Å². The average Bonchev–Trinajstić information content (AvgIpc) is 2.29. The van der Waals surface area contributed by atoms with Crippen LogP contribution in [-0.4, -0.2) is 4.98 Å². The molecule has 1 radical (unpaired) electrons. The van der Waals surface area contributed by atoms with Crippen molar-refractivity contribution in [3.05, 3.63) is 39.6 Å². The summed E-state index contributed by atoms with van der Waals surface area (Å²) in [5.41, 5.74) is 2.00. The molecule has 0 amide bonds. The summed E-state index contributed by atoms with van der Waals surface area (Å²) < 4.78 is 5.64. The van der Waals surface area contributed by atoms with Crippen molar-refractivity contribution in [2.45, 2.75) is 0 Å². The Labute approximate surface area is 76.5 Å². The first-order valence-electron chi connectivity index (χ1n) is 3.31. The van der Waals surface area contributed by atoms with Crippen molar-refractivity contribution < 1.29 is 4.42 Å². The highest BCUT2D eigenvalue weighted by Gasteiger charge is 2.04. The van der Waals surface area contributed by atoms with E-state index in [4.69, 9.17) is 4.42 Å². The van der Waals surface area contributed by atoms with Crippen LogP contribution in [0, 0.1) is 6.92 Å². The van der Waals surface area contributed by atoms with Crippen LogP contribution in [0.2, 0.25) is 0 Å². The molecule has 0 aliphatic heterocycles. The van der Waals surface area contributed by atoms with Gasteiger partial charge in [-0.3, -0.25) is 4.98 Å². The van der Waals surface area contributed by atoms with Gasteiger partial charge in [-0.05, 0) is 40.5 Å². The molecule has 2 rings (SSSR count). The molecule has 4 heteroatoms. The zero-order valence-electron chi connectivity index (χ0n) is 6.06. The van der Waals surface area contributed by atoms with E-state index in [0.717, 1.165) is 10.0 Å². The van der Waals surface area contributed by atoms with Gasteiger partial charge in [-0.25, -0.2) is 4.79 Å². The number of hydrogen-bond donors (Lipinski definition) is 1. The van der Waals surface area contributed by atoms with Crippen LogP contribution in [0.15, 0.2) is 25.8 Å². The highest BCUT2D eigenvalue weighted by atomic mass is 79.9. The Balaban J connectivity index is 2.97. The number of benzene rings is 1. The average molecular weight is 227 g/mol. The van der Waals surface area contributed by atoms with Gasteiger partial charge in [0.15, 0.2) is 5.58 Å². The molecule has 0 aliphatic carbocycles. The van der Waals surface area contributed by atoms with Crippen LogP contribution in [-0.2, 0) is 0 Å². The third-order valence-electron chi connectivity index (χ3n) is 1.54. The predicted molar refractivity (Wildman–Crippen MR) is 49.0 cm³/mol. The zero-order valence-corrected chi connectivity index (χ0v) is 7.64. The van der Waals surface area contributed by atoms with Gasteiger partial charge in [-0.15, -0.1) is 0 Å². The summed E-state index contributed by atoms with van der Waals surface area (Å²) in [7, 11) is 0. The maximum Gasteiger partial charge on any atom is 0.417 e. The molecule has 0 atom stereocenters. The van der Waals surface area contributed by atoms with Gasteiger partial charge in [-0.2, -0.15) is 0 Å². The van der Waals surface area contributed by atoms with Crippen molar-refractivity contribution in [2.75, 3.05) is 0 Å². The summed E-state index contributed by atoms with van der Waals surface area (Å²) in [5, 5.41) is 0. The van der Waals surface area contributed by atoms with Crippen molar-refractivity contribution in [1.29, 1.82) is 0 Å². The molecule has 12 heavy (non-hydrogen) atoms. The van der Waals surface area contributed by atoms with Crippen molar-refractivity contribution in [2.24, 2.45) is 0 Å². The van der Waals surface area contributed by atoms with E-state index in [1.807, 2.05) is 6.07 Å². The minimum Gasteiger partial charge on any atom is -0.408 e. The zero-order chi connectivity index (χ0) is 8.72. The first-order chi connectivity index (χ1) is 5.66. The lowest BCUT2D eigenvalue weighted by Gasteiger charge is -1.93. The van der Waals surface area contributed by atoms with Crippen LogP contribution in [0.1, 0.15) is 5.56 Å². The second-order valence-electron chi connectivity index (χ2n) is 2.47. The van der Waals surface area contributed by atoms with Crippen molar-refractivity contribution in [1.82, 2.24) is 4.98 Å². The van der Waals surface area contributed by atoms with Gasteiger partial charge < -0.3 is 4.42 Å². The smallest absolute Gasteiger partial charge is 0.408 e. The largest absolute Gasteiger partial charge is 0.417 e. The van der Waals surface area contributed by atoms with E-state index in [2.05, 4.69) is 27.8 Å². The Morgan fingerprint density at radius 2 is 2.25 bits per heavy atom. The van der Waals surface area contributed by atoms with Gasteiger partial charge >= 0.3 is 5.76 Å². The van der Waals surface area contributed by atoms with Crippen molar-refractivity contribution in [3.8, 4) is 0 Å². The Morgan fingerprint density at radius 1 is 1.50 bits per heavy atom. The van der Waals surface area contributed by atoms with E-state index in [0.29, 0.717) is 11.1 Å². The van der Waals surface area contributed by atoms with E-state index in [-0.39, 0.29) is 0 Å². The molecule has 0 aliphatic rings. The summed E-state index contributed by atoms with van der Waals surface area (Å²) >= 11 is 3.29. The predicted octanol–water partition coefficient (Wildman–Crippen LogP) is 2.07. The second-order valence-corrected chi connectivity index (χ2v) is 3.32. The topological polar surface area (TPSA) is 46.0 Å². The van der Waals surface area contributed by atoms with Crippen LogP contribution in [0.3, 0.4) is 0 Å². The standard InChI is InChI=1S/C8H5BrNO2/c1-4-2-5(9)7-6(3-4)12-8(11)10-7/h2-3H,1H2,(H,10,11). The maximum absolute atomic E-state index is 10.8. The lowest BCUT2D eigenvalue weighted by molar-refractivity contribution is 0.555. The molecule has 1 aromatic heterocycles. The Bertz CT molecular complexity index is 483. The molecule has 1 aromatic carbocycles. The molecule has 61 valence electrons. The number of aromatic amines is 1. The van der Waals surface area contributed by atoms with Crippen molar-refractivity contribution >= 4 is 27.0 Å². The Kier molecular flexibility index (Phi) is 1.58. The van der Waals surface area contributed by atoms with Gasteiger partial charge in [0, 0.05) is 4.47 Å². The van der Waals surface area contributed by atoms with E-state index in [1.54, 1.807) is 6.07 Å². The molecule has 2 aromatic rings. The first kappa shape index (κ1) is 7.61. The quantitative estimate of drug-likeness (QED) is 0.748. The third-order valence-corrected chi connectivity index (χ3v) is 2.17. The number of halogens is 1. The number of rotatable bonds is 0. The summed E-state index contributed by atoms with van der Waals surface area (Å²) in [6, 6.07) is 3.52. The van der Waals surface area contributed by atoms with Crippen LogP contribution in [0.25, 0.3) is 11.1 Å². The molecule has 1 N–H and O–H groups in total. The van der Waals surface area contributed by atoms with E-state index in [1.165, 1.54) is 0 Å². The summed E-state index contributed by atoms with van der Waals surface area (Å²) in [4.78, 5) is 13.3. The number of nitrogens with one attached hydrogen (secondary N) is 1. The third kappa shape index (κ3) is 1.08. The number of fused-ring (bicyclic) bond motifs is 1. The number of hydrogen-bond acceptors (Lipinski definition) is 2. The monoisotopic (exact) mass is 226 g/mol. The maximum atomic E-state index is 10.8. The number of H-pyrrole nitrogens is 1. The second kappa shape index (κ2) is 2.48. The van der Waals surface area contributed by atoms with E-state index in [9.17, 15) is 4.79 Å². The molecule has 0 bridgehead atoms. The van der Waals surface area contributed by atoms with Crippen LogP contribution < -0.4 is 5.76 Å². The van der Waals surface area contributed by atoms with Gasteiger partial charge in [0.05, 0.1) is 0 Å². The van der Waals surface area contributed by atoms with Gasteiger partial charge in [-0.1, -0.05) is 0 Å². The number of aromatic nitrogens is 1. The number of oxazole rings is 1. The molecular weight excluding hydrogens is 222 g/mol. The fourth-order valence-electron chi connectivity index (χ4n) is 1.06. The molecular formula is C8H5BrNO2. The lowest BCUT2D eigenvalue weighted by Crippen LogP contribution is -1.93. The van der Waals surface area contributed by atoms with Crippen LogP contribution in [0.4, 0.5) is 0 Å². The Hall–Kier alpha value is -1.03. The van der Waals surface area contributed by atoms with Crippen LogP contribution >= 0.6 is 15.9 Å². The van der Waals surface area contributed by atoms with E-state index >= 15 is 0 Å². The molecule has 0 spiro atoms. The summed E-state index contributed by atoms with van der Waals surface area (Å²) in [5.74, 6) is -0.448. The normalized spacial score (nSPS) is 10.8. The molecule has 0 saturated heterocycles. The minimum atomic E-state index is -0.448. The van der Waals surface area contributed by atoms with Crippen molar-refractivity contribution in [3.63, 3.8) is 0 Å². The van der Waals surface area contributed by atoms with Crippen LogP contribution in [0.5, 0.6) is 0 Å².